The van der Waals surface area contributed by atoms with E-state index in [1.54, 1.807) is 11.8 Å². The van der Waals surface area contributed by atoms with Crippen molar-refractivity contribution in [2.45, 2.75) is 11.3 Å². The number of aromatic nitrogens is 1. The molecule has 2 aromatic rings. The van der Waals surface area contributed by atoms with Crippen LogP contribution in [-0.2, 0) is 9.53 Å². The van der Waals surface area contributed by atoms with Crippen molar-refractivity contribution in [3.05, 3.63) is 27.9 Å². The molecular weight excluding hydrogens is 258 g/mol. The van der Waals surface area contributed by atoms with Crippen molar-refractivity contribution in [3.63, 3.8) is 0 Å². The second-order valence-corrected chi connectivity index (χ2v) is 5.53. The molecule has 0 atom stereocenters. The molecule has 0 amide bonds. The van der Waals surface area contributed by atoms with Gasteiger partial charge in [0.05, 0.1) is 23.7 Å². The second kappa shape index (κ2) is 5.37. The zero-order valence-electron chi connectivity index (χ0n) is 9.19. The Morgan fingerprint density at radius 1 is 1.53 bits per heavy atom. The third-order valence-electron chi connectivity index (χ3n) is 2.20. The maximum atomic E-state index is 11.1. The van der Waals surface area contributed by atoms with Gasteiger partial charge in [-0.2, -0.15) is 0 Å². The molecule has 1 N–H and O–H groups in total. The normalized spacial score (nSPS) is 10.6. The highest BCUT2D eigenvalue weighted by molar-refractivity contribution is 7.99. The molecule has 1 heterocycles. The highest BCUT2D eigenvalue weighted by atomic mass is 32.2. The number of methoxy groups -OCH3 is 1. The number of esters is 1. The monoisotopic (exact) mass is 269 g/mol. The van der Waals surface area contributed by atoms with Crippen molar-refractivity contribution in [1.29, 1.82) is 0 Å². The maximum Gasteiger partial charge on any atom is 0.306 e. The Bertz CT molecular complexity index is 588. The summed E-state index contributed by atoms with van der Waals surface area (Å²) in [6, 6.07) is 5.78. The molecule has 0 unspecified atom stereocenters. The quantitative estimate of drug-likeness (QED) is 0.683. The van der Waals surface area contributed by atoms with Gasteiger partial charge in [0.1, 0.15) is 0 Å². The largest absolute Gasteiger partial charge is 0.469 e. The second-order valence-electron chi connectivity index (χ2n) is 3.35. The molecule has 0 saturated heterocycles. The van der Waals surface area contributed by atoms with Crippen molar-refractivity contribution >= 4 is 39.3 Å². The Morgan fingerprint density at radius 2 is 2.35 bits per heavy atom. The SMILES string of the molecule is COC(=O)CCSc1ccc2[nH]c(=O)sc2c1. The van der Waals surface area contributed by atoms with Crippen LogP contribution in [-0.4, -0.2) is 23.8 Å². The third kappa shape index (κ3) is 3.10. The fourth-order valence-electron chi connectivity index (χ4n) is 1.37. The highest BCUT2D eigenvalue weighted by Crippen LogP contribution is 2.24. The van der Waals surface area contributed by atoms with Crippen molar-refractivity contribution in [1.82, 2.24) is 4.98 Å². The highest BCUT2D eigenvalue weighted by Gasteiger charge is 2.03. The number of benzene rings is 1. The van der Waals surface area contributed by atoms with Gasteiger partial charge in [0.15, 0.2) is 0 Å². The van der Waals surface area contributed by atoms with Gasteiger partial charge in [-0.1, -0.05) is 11.3 Å². The summed E-state index contributed by atoms with van der Waals surface area (Å²) in [6.45, 7) is 0. The van der Waals surface area contributed by atoms with Crippen LogP contribution in [0.3, 0.4) is 0 Å². The summed E-state index contributed by atoms with van der Waals surface area (Å²) < 4.78 is 5.51. The molecule has 4 nitrogen and oxygen atoms in total. The lowest BCUT2D eigenvalue weighted by Gasteiger charge is -2.00. The molecule has 1 aromatic heterocycles. The first-order valence-electron chi connectivity index (χ1n) is 5.01. The molecule has 17 heavy (non-hydrogen) atoms. The topological polar surface area (TPSA) is 59.2 Å². The van der Waals surface area contributed by atoms with Gasteiger partial charge in [0, 0.05) is 10.6 Å². The first-order chi connectivity index (χ1) is 8.19. The van der Waals surface area contributed by atoms with Gasteiger partial charge >= 0.3 is 10.8 Å². The number of hydrogen-bond acceptors (Lipinski definition) is 5. The van der Waals surface area contributed by atoms with Crippen LogP contribution in [0.2, 0.25) is 0 Å². The molecule has 0 fully saturated rings. The summed E-state index contributed by atoms with van der Waals surface area (Å²) in [5.41, 5.74) is 0.859. The Balaban J connectivity index is 2.04. The number of carbonyl (C=O) groups is 1. The van der Waals surface area contributed by atoms with Gasteiger partial charge in [-0.25, -0.2) is 0 Å². The van der Waals surface area contributed by atoms with E-state index in [4.69, 9.17) is 0 Å². The van der Waals surface area contributed by atoms with Gasteiger partial charge in [0.25, 0.3) is 0 Å². The Kier molecular flexibility index (Phi) is 3.86. The molecule has 2 rings (SSSR count). The predicted octanol–water partition coefficient (Wildman–Crippen LogP) is 2.24. The minimum atomic E-state index is -0.204. The summed E-state index contributed by atoms with van der Waals surface area (Å²) in [7, 11) is 1.39. The number of H-pyrrole nitrogens is 1. The van der Waals surface area contributed by atoms with E-state index in [0.29, 0.717) is 12.2 Å². The van der Waals surface area contributed by atoms with Crippen LogP contribution >= 0.6 is 23.1 Å². The zero-order valence-corrected chi connectivity index (χ0v) is 10.8. The number of rotatable bonds is 4. The minimum Gasteiger partial charge on any atom is -0.469 e. The molecule has 1 aromatic carbocycles. The number of ether oxygens (including phenoxy) is 1. The fraction of sp³-hybridized carbons (Fsp3) is 0.273. The van der Waals surface area contributed by atoms with Crippen LogP contribution in [0.5, 0.6) is 0 Å². The molecule has 0 aliphatic carbocycles. The van der Waals surface area contributed by atoms with E-state index in [2.05, 4.69) is 9.72 Å². The molecule has 0 spiro atoms. The lowest BCUT2D eigenvalue weighted by atomic mass is 10.3. The average molecular weight is 269 g/mol. The molecule has 0 saturated carbocycles. The summed E-state index contributed by atoms with van der Waals surface area (Å²) in [5, 5.41) is 0. The number of thiazole rings is 1. The Labute approximate surface area is 106 Å². The molecule has 0 aliphatic rings. The van der Waals surface area contributed by atoms with E-state index in [0.717, 1.165) is 15.1 Å². The average Bonchev–Trinajstić information content (AvgIpc) is 2.68. The van der Waals surface area contributed by atoms with E-state index >= 15 is 0 Å². The van der Waals surface area contributed by atoms with Gasteiger partial charge in [0.2, 0.25) is 0 Å². The molecule has 0 aliphatic heterocycles. The van der Waals surface area contributed by atoms with Crippen LogP contribution in [0.25, 0.3) is 10.2 Å². The van der Waals surface area contributed by atoms with Crippen molar-refractivity contribution in [3.8, 4) is 0 Å². The van der Waals surface area contributed by atoms with E-state index in [-0.39, 0.29) is 10.8 Å². The first kappa shape index (κ1) is 12.2. The maximum absolute atomic E-state index is 11.1. The predicted molar refractivity (Wildman–Crippen MR) is 69.8 cm³/mol. The number of hydrogen-bond donors (Lipinski definition) is 1. The lowest BCUT2D eigenvalue weighted by molar-refractivity contribution is -0.140. The Morgan fingerprint density at radius 3 is 3.12 bits per heavy atom. The standard InChI is InChI=1S/C11H11NO3S2/c1-15-10(13)4-5-16-7-2-3-8-9(6-7)17-11(14)12-8/h2-3,6H,4-5H2,1H3,(H,12,14). The van der Waals surface area contributed by atoms with Gasteiger partial charge in [-0.15, -0.1) is 11.8 Å². The van der Waals surface area contributed by atoms with Crippen LogP contribution in [0.1, 0.15) is 6.42 Å². The van der Waals surface area contributed by atoms with E-state index < -0.39 is 0 Å². The van der Waals surface area contributed by atoms with Crippen LogP contribution < -0.4 is 4.87 Å². The zero-order chi connectivity index (χ0) is 12.3. The Hall–Kier alpha value is -1.27. The minimum absolute atomic E-state index is 0.0447. The van der Waals surface area contributed by atoms with Crippen molar-refractivity contribution < 1.29 is 9.53 Å². The summed E-state index contributed by atoms with van der Waals surface area (Å²) in [4.78, 5) is 25.8. The number of carbonyl (C=O) groups excluding carboxylic acids is 1. The van der Waals surface area contributed by atoms with Crippen molar-refractivity contribution in [2.24, 2.45) is 0 Å². The number of nitrogens with one attached hydrogen (secondary N) is 1. The van der Waals surface area contributed by atoms with E-state index in [1.165, 1.54) is 18.4 Å². The molecule has 90 valence electrons. The van der Waals surface area contributed by atoms with Crippen LogP contribution in [0.15, 0.2) is 27.9 Å². The van der Waals surface area contributed by atoms with Gasteiger partial charge in [-0.05, 0) is 18.2 Å². The van der Waals surface area contributed by atoms with Crippen LogP contribution in [0, 0.1) is 0 Å². The van der Waals surface area contributed by atoms with Gasteiger partial charge in [-0.3, -0.25) is 9.59 Å². The summed E-state index contributed by atoms with van der Waals surface area (Å²) in [5.74, 6) is 0.474. The summed E-state index contributed by atoms with van der Waals surface area (Å²) >= 11 is 2.77. The smallest absolute Gasteiger partial charge is 0.306 e. The van der Waals surface area contributed by atoms with E-state index in [9.17, 15) is 9.59 Å². The fourth-order valence-corrected chi connectivity index (χ4v) is 3.09. The summed E-state index contributed by atoms with van der Waals surface area (Å²) in [6.07, 6.45) is 0.391. The molecular formula is C11H11NO3S2. The molecule has 0 radical (unpaired) electrons. The van der Waals surface area contributed by atoms with Crippen LogP contribution in [0.4, 0.5) is 0 Å². The number of thioether (sulfide) groups is 1. The number of fused-ring (bicyclic) bond motifs is 1. The van der Waals surface area contributed by atoms with Crippen molar-refractivity contribution in [2.75, 3.05) is 12.9 Å². The number of aromatic amines is 1. The van der Waals surface area contributed by atoms with Gasteiger partial charge < -0.3 is 9.72 Å². The lowest BCUT2D eigenvalue weighted by Crippen LogP contribution is -2.00. The first-order valence-corrected chi connectivity index (χ1v) is 6.82. The molecule has 0 bridgehead atoms. The van der Waals surface area contributed by atoms with E-state index in [1.807, 2.05) is 18.2 Å². The third-order valence-corrected chi connectivity index (χ3v) is 4.04. The molecule has 6 heteroatoms.